The van der Waals surface area contributed by atoms with Gasteiger partial charge < -0.3 is 9.47 Å². The molecule has 2 nitrogen and oxygen atoms in total. The monoisotopic (exact) mass is 394 g/mol. The highest BCUT2D eigenvalue weighted by Crippen LogP contribution is 2.30. The van der Waals surface area contributed by atoms with Crippen LogP contribution in [-0.2, 0) is 9.47 Å². The molecular weight excluding hydrogens is 375 g/mol. The summed E-state index contributed by atoms with van der Waals surface area (Å²) in [4.78, 5) is 0. The lowest BCUT2D eigenvalue weighted by Crippen LogP contribution is -2.29. The smallest absolute Gasteiger partial charge is 0.0918 e. The van der Waals surface area contributed by atoms with Crippen LogP contribution in [0.4, 0.5) is 0 Å². The van der Waals surface area contributed by atoms with E-state index in [0.717, 1.165) is 28.7 Å². The largest absolute Gasteiger partial charge is 0.381 e. The van der Waals surface area contributed by atoms with Crippen LogP contribution >= 0.6 is 34.2 Å². The first kappa shape index (κ1) is 15.5. The number of hydrogen-bond donors (Lipinski definition) is 0. The van der Waals surface area contributed by atoms with E-state index in [2.05, 4.69) is 34.7 Å². The Labute approximate surface area is 134 Å². The molecule has 2 rings (SSSR count). The Morgan fingerprint density at radius 2 is 1.95 bits per heavy atom. The molecule has 0 aliphatic heterocycles. The molecule has 1 aromatic rings. The third-order valence-electron chi connectivity index (χ3n) is 3.65. The molecule has 19 heavy (non-hydrogen) atoms. The van der Waals surface area contributed by atoms with Gasteiger partial charge in [-0.2, -0.15) is 0 Å². The van der Waals surface area contributed by atoms with Crippen LogP contribution in [0, 0.1) is 0 Å². The molecule has 1 saturated carbocycles. The molecule has 0 aromatic heterocycles. The number of halogens is 2. The van der Waals surface area contributed by atoms with Crippen LogP contribution in [0.2, 0.25) is 5.02 Å². The summed E-state index contributed by atoms with van der Waals surface area (Å²) in [6.45, 7) is 0. The van der Waals surface area contributed by atoms with Gasteiger partial charge in [0.15, 0.2) is 0 Å². The van der Waals surface area contributed by atoms with Crippen molar-refractivity contribution in [3.8, 4) is 0 Å². The number of ether oxygens (including phenoxy) is 2. The molecule has 0 amide bonds. The molecule has 0 bridgehead atoms. The van der Waals surface area contributed by atoms with Gasteiger partial charge in [0.25, 0.3) is 0 Å². The molecular formula is C15H20ClIO2. The Morgan fingerprint density at radius 3 is 2.58 bits per heavy atom. The highest BCUT2D eigenvalue weighted by molar-refractivity contribution is 14.1. The van der Waals surface area contributed by atoms with Crippen molar-refractivity contribution >= 4 is 34.2 Å². The first-order valence-corrected chi connectivity index (χ1v) is 8.63. The fraction of sp³-hybridized carbons (Fsp3) is 0.600. The Balaban J connectivity index is 1.96. The van der Waals surface area contributed by atoms with E-state index in [1.165, 1.54) is 12.0 Å². The summed E-state index contributed by atoms with van der Waals surface area (Å²) in [6.07, 6.45) is 5.33. The Bertz CT molecular complexity index is 382. The van der Waals surface area contributed by atoms with Gasteiger partial charge in [0.05, 0.1) is 18.3 Å². The lowest BCUT2D eigenvalue weighted by molar-refractivity contribution is -0.0578. The molecule has 3 unspecified atom stereocenters. The zero-order valence-electron chi connectivity index (χ0n) is 11.1. The fourth-order valence-corrected chi connectivity index (χ4v) is 3.40. The zero-order valence-corrected chi connectivity index (χ0v) is 14.1. The predicted molar refractivity (Wildman–Crippen MR) is 87.2 cm³/mol. The van der Waals surface area contributed by atoms with E-state index in [1.54, 1.807) is 7.11 Å². The lowest BCUT2D eigenvalue weighted by Gasteiger charge is -2.31. The fourth-order valence-electron chi connectivity index (χ4n) is 2.55. The molecule has 1 aliphatic rings. The van der Waals surface area contributed by atoms with Crippen LogP contribution in [0.3, 0.4) is 0 Å². The van der Waals surface area contributed by atoms with Gasteiger partial charge >= 0.3 is 0 Å². The number of methoxy groups -OCH3 is 1. The van der Waals surface area contributed by atoms with E-state index >= 15 is 0 Å². The Morgan fingerprint density at radius 1 is 1.26 bits per heavy atom. The third kappa shape index (κ3) is 4.59. The molecule has 3 atom stereocenters. The van der Waals surface area contributed by atoms with Crippen molar-refractivity contribution in [3.05, 3.63) is 34.9 Å². The average molecular weight is 395 g/mol. The number of alkyl halides is 1. The minimum Gasteiger partial charge on any atom is -0.381 e. The first-order chi connectivity index (χ1) is 9.22. The molecule has 1 aliphatic carbocycles. The molecule has 1 fully saturated rings. The Hall–Kier alpha value is 0.160. The summed E-state index contributed by atoms with van der Waals surface area (Å²) in [5.41, 5.74) is 1.21. The van der Waals surface area contributed by atoms with Crippen molar-refractivity contribution in [2.45, 2.75) is 44.0 Å². The van der Waals surface area contributed by atoms with Gasteiger partial charge in [0.1, 0.15) is 0 Å². The van der Waals surface area contributed by atoms with Crippen LogP contribution < -0.4 is 0 Å². The highest BCUT2D eigenvalue weighted by atomic mass is 127. The standard InChI is InChI=1S/C15H20ClIO2/c1-18-13-3-2-4-14(9-13)19-15(10-17)11-5-7-12(16)8-6-11/h5-8,13-15H,2-4,9-10H2,1H3. The zero-order chi connectivity index (χ0) is 13.7. The number of rotatable bonds is 5. The van der Waals surface area contributed by atoms with E-state index < -0.39 is 0 Å². The van der Waals surface area contributed by atoms with Crippen molar-refractivity contribution < 1.29 is 9.47 Å². The van der Waals surface area contributed by atoms with E-state index in [9.17, 15) is 0 Å². The summed E-state index contributed by atoms with van der Waals surface area (Å²) in [5, 5.41) is 0.771. The van der Waals surface area contributed by atoms with Gasteiger partial charge in [-0.1, -0.05) is 46.3 Å². The topological polar surface area (TPSA) is 18.5 Å². The quantitative estimate of drug-likeness (QED) is 0.528. The maximum Gasteiger partial charge on any atom is 0.0918 e. The predicted octanol–water partition coefficient (Wildman–Crippen LogP) is 4.79. The second kappa shape index (κ2) is 7.81. The van der Waals surface area contributed by atoms with Gasteiger partial charge in [0, 0.05) is 16.6 Å². The van der Waals surface area contributed by atoms with Crippen LogP contribution in [0.5, 0.6) is 0 Å². The van der Waals surface area contributed by atoms with E-state index in [-0.39, 0.29) is 6.10 Å². The van der Waals surface area contributed by atoms with Crippen LogP contribution in [0.15, 0.2) is 24.3 Å². The molecule has 4 heteroatoms. The average Bonchev–Trinajstić information content (AvgIpc) is 2.46. The molecule has 0 heterocycles. The van der Waals surface area contributed by atoms with Gasteiger partial charge in [0.2, 0.25) is 0 Å². The Kier molecular flexibility index (Phi) is 6.39. The van der Waals surface area contributed by atoms with E-state index in [0.29, 0.717) is 12.2 Å². The van der Waals surface area contributed by atoms with Crippen molar-refractivity contribution in [2.24, 2.45) is 0 Å². The lowest BCUT2D eigenvalue weighted by atomic mass is 9.94. The summed E-state index contributed by atoms with van der Waals surface area (Å²) in [7, 11) is 1.79. The SMILES string of the molecule is COC1CCCC(OC(CI)c2ccc(Cl)cc2)C1. The van der Waals surface area contributed by atoms with Crippen molar-refractivity contribution in [1.82, 2.24) is 0 Å². The van der Waals surface area contributed by atoms with Crippen LogP contribution in [-0.4, -0.2) is 23.7 Å². The number of benzene rings is 1. The molecule has 0 saturated heterocycles. The third-order valence-corrected chi connectivity index (χ3v) is 4.70. The number of hydrogen-bond acceptors (Lipinski definition) is 2. The summed E-state index contributed by atoms with van der Waals surface area (Å²) in [6, 6.07) is 7.97. The molecule has 1 aromatic carbocycles. The summed E-state index contributed by atoms with van der Waals surface area (Å²) in [5.74, 6) is 0. The van der Waals surface area contributed by atoms with Crippen molar-refractivity contribution in [1.29, 1.82) is 0 Å². The van der Waals surface area contributed by atoms with Crippen molar-refractivity contribution in [3.63, 3.8) is 0 Å². The molecule has 106 valence electrons. The minimum atomic E-state index is 0.151. The first-order valence-electron chi connectivity index (χ1n) is 6.72. The van der Waals surface area contributed by atoms with Gasteiger partial charge in [-0.15, -0.1) is 0 Å². The maximum atomic E-state index is 6.27. The molecule has 0 radical (unpaired) electrons. The van der Waals surface area contributed by atoms with E-state index in [1.807, 2.05) is 12.1 Å². The van der Waals surface area contributed by atoms with Gasteiger partial charge in [-0.25, -0.2) is 0 Å². The van der Waals surface area contributed by atoms with Crippen LogP contribution in [0.1, 0.15) is 37.4 Å². The minimum absolute atomic E-state index is 0.151. The summed E-state index contributed by atoms with van der Waals surface area (Å²) >= 11 is 8.31. The molecule has 0 N–H and O–H groups in total. The van der Waals surface area contributed by atoms with Crippen molar-refractivity contribution in [2.75, 3.05) is 11.5 Å². The van der Waals surface area contributed by atoms with E-state index in [4.69, 9.17) is 21.1 Å². The summed E-state index contributed by atoms with van der Waals surface area (Å²) < 4.78 is 12.7. The normalized spacial score (nSPS) is 25.2. The highest BCUT2D eigenvalue weighted by Gasteiger charge is 2.25. The van der Waals surface area contributed by atoms with Gasteiger partial charge in [-0.3, -0.25) is 0 Å². The second-order valence-corrected chi connectivity index (χ2v) is 6.29. The van der Waals surface area contributed by atoms with Crippen LogP contribution in [0.25, 0.3) is 0 Å². The molecule has 0 spiro atoms. The second-order valence-electron chi connectivity index (χ2n) is 4.98. The maximum absolute atomic E-state index is 6.27. The van der Waals surface area contributed by atoms with Gasteiger partial charge in [-0.05, 0) is 43.4 Å².